The maximum Gasteiger partial charge on any atom is 0.237 e. The monoisotopic (exact) mass is 742 g/mol. The Labute approximate surface area is 296 Å². The summed E-state index contributed by atoms with van der Waals surface area (Å²) in [5.41, 5.74) is 4.09. The normalized spacial score (nSPS) is 19.3. The molecule has 2 spiro atoms. The molecule has 12 nitrogen and oxygen atoms in total. The highest BCUT2D eigenvalue weighted by Gasteiger charge is 2.48. The number of rotatable bonds is 9. The smallest absolute Gasteiger partial charge is 0.237 e. The van der Waals surface area contributed by atoms with Gasteiger partial charge in [-0.2, -0.15) is 0 Å². The molecular weight excluding hydrogens is 707 g/mol. The van der Waals surface area contributed by atoms with Crippen LogP contribution in [0.3, 0.4) is 0 Å². The molecule has 0 saturated carbocycles. The zero-order valence-corrected chi connectivity index (χ0v) is 29.3. The minimum atomic E-state index is -0.444. The fourth-order valence-corrected chi connectivity index (χ4v) is 8.44. The molecule has 50 heavy (non-hydrogen) atoms. The van der Waals surface area contributed by atoms with Crippen molar-refractivity contribution in [1.82, 2.24) is 40.4 Å². The third-order valence-electron chi connectivity index (χ3n) is 10.2. The van der Waals surface area contributed by atoms with E-state index in [4.69, 9.17) is 19.4 Å². The average molecular weight is 744 g/mol. The minimum Gasteiger partial charge on any atom is -0.480 e. The van der Waals surface area contributed by atoms with Gasteiger partial charge in [0.05, 0.1) is 49.1 Å². The zero-order valence-electron chi connectivity index (χ0n) is 27.8. The van der Waals surface area contributed by atoms with Gasteiger partial charge in [0.1, 0.15) is 17.2 Å². The Balaban J connectivity index is 1.01. The summed E-state index contributed by atoms with van der Waals surface area (Å²) in [5.74, 6) is 0.525. The molecule has 14 heteroatoms. The van der Waals surface area contributed by atoms with E-state index >= 15 is 4.39 Å². The standard InChI is InChI=1S/C36H36BrFN8O4/c1-49-33-27(15-45-17-35(18-45)11-9-29(47)43-35)39-13-25(41-33)23-7-3-5-21(31(23)37)22-6-4-8-24(32(22)38)26-14-40-28(34(42-26)50-2)16-46-19-36(20-46)12-10-30(48)44-36/h3-8,13-14H,9-12,15-20H2,1-2H3,(H,43,47)(H,44,48). The molecule has 0 unspecified atom stereocenters. The van der Waals surface area contributed by atoms with Gasteiger partial charge in [-0.3, -0.25) is 29.4 Å². The molecular formula is C36H36BrFN8O4. The highest BCUT2D eigenvalue weighted by Crippen LogP contribution is 2.40. The molecule has 0 atom stereocenters. The first-order chi connectivity index (χ1) is 24.2. The summed E-state index contributed by atoms with van der Waals surface area (Å²) >= 11 is 3.73. The molecule has 2 aromatic heterocycles. The molecule has 258 valence electrons. The van der Waals surface area contributed by atoms with Gasteiger partial charge >= 0.3 is 0 Å². The lowest BCUT2D eigenvalue weighted by atomic mass is 9.88. The number of amides is 2. The van der Waals surface area contributed by atoms with Gasteiger partial charge in [-0.25, -0.2) is 14.4 Å². The van der Waals surface area contributed by atoms with Gasteiger partial charge in [0.2, 0.25) is 23.6 Å². The van der Waals surface area contributed by atoms with Crippen molar-refractivity contribution >= 4 is 27.7 Å². The Morgan fingerprint density at radius 2 is 1.20 bits per heavy atom. The van der Waals surface area contributed by atoms with E-state index in [1.165, 1.54) is 7.11 Å². The van der Waals surface area contributed by atoms with Gasteiger partial charge in [-0.1, -0.05) is 30.3 Å². The summed E-state index contributed by atoms with van der Waals surface area (Å²) in [6.45, 7) is 4.11. The molecule has 8 rings (SSSR count). The molecule has 4 saturated heterocycles. The fraction of sp³-hybridized carbons (Fsp3) is 0.389. The number of nitrogens with zero attached hydrogens (tertiary/aromatic N) is 6. The number of ether oxygens (including phenoxy) is 2. The highest BCUT2D eigenvalue weighted by molar-refractivity contribution is 9.10. The van der Waals surface area contributed by atoms with Gasteiger partial charge in [0.15, 0.2) is 0 Å². The van der Waals surface area contributed by atoms with Crippen molar-refractivity contribution < 1.29 is 23.5 Å². The van der Waals surface area contributed by atoms with E-state index in [-0.39, 0.29) is 22.9 Å². The van der Waals surface area contributed by atoms with Crippen LogP contribution >= 0.6 is 15.9 Å². The minimum absolute atomic E-state index is 0.103. The number of carbonyl (C=O) groups excluding carboxylic acids is 2. The summed E-state index contributed by atoms with van der Waals surface area (Å²) in [7, 11) is 3.10. The average Bonchev–Trinajstić information content (AvgIpc) is 3.68. The Morgan fingerprint density at radius 3 is 1.68 bits per heavy atom. The molecule has 4 aliphatic rings. The summed E-state index contributed by atoms with van der Waals surface area (Å²) in [5, 5.41) is 6.20. The summed E-state index contributed by atoms with van der Waals surface area (Å²) < 4.78 is 28.3. The lowest BCUT2D eigenvalue weighted by Crippen LogP contribution is -2.66. The van der Waals surface area contributed by atoms with E-state index in [1.807, 2.05) is 18.2 Å². The molecule has 0 aliphatic carbocycles. The van der Waals surface area contributed by atoms with Crippen LogP contribution in [0, 0.1) is 5.82 Å². The number of methoxy groups -OCH3 is 2. The maximum atomic E-state index is 16.4. The quantitative estimate of drug-likeness (QED) is 0.258. The van der Waals surface area contributed by atoms with E-state index in [1.54, 1.807) is 37.7 Å². The molecule has 2 aromatic carbocycles. The van der Waals surface area contributed by atoms with Crippen LogP contribution in [-0.2, 0) is 22.7 Å². The van der Waals surface area contributed by atoms with Crippen molar-refractivity contribution in [2.75, 3.05) is 40.4 Å². The number of halogens is 2. The van der Waals surface area contributed by atoms with Crippen LogP contribution in [0.5, 0.6) is 11.8 Å². The molecule has 2 N–H and O–H groups in total. The van der Waals surface area contributed by atoms with Crippen LogP contribution in [0.4, 0.5) is 4.39 Å². The molecule has 4 fully saturated rings. The molecule has 2 amide bonds. The first-order valence-corrected chi connectivity index (χ1v) is 17.4. The first-order valence-electron chi connectivity index (χ1n) is 16.6. The molecule has 4 aliphatic heterocycles. The van der Waals surface area contributed by atoms with Gasteiger partial charge in [-0.15, -0.1) is 0 Å². The van der Waals surface area contributed by atoms with E-state index in [9.17, 15) is 9.59 Å². The van der Waals surface area contributed by atoms with Gasteiger partial charge in [0, 0.05) is 73.3 Å². The Kier molecular flexibility index (Phi) is 8.27. The number of hydrogen-bond donors (Lipinski definition) is 2. The van der Waals surface area contributed by atoms with Crippen molar-refractivity contribution in [3.8, 4) is 45.4 Å². The van der Waals surface area contributed by atoms with Gasteiger partial charge in [-0.05, 0) is 40.4 Å². The Bertz CT molecular complexity index is 1870. The van der Waals surface area contributed by atoms with Crippen molar-refractivity contribution in [2.24, 2.45) is 0 Å². The van der Waals surface area contributed by atoms with Crippen molar-refractivity contribution in [3.63, 3.8) is 0 Å². The SMILES string of the molecule is COc1nc(-c2cccc(-c3cccc(-c4cnc(CN5CC6(CCC(=O)N6)C5)c(OC)n4)c3Br)c2F)cnc1CN1CC2(CCC(=O)N2)C1. The van der Waals surface area contributed by atoms with Crippen LogP contribution in [0.15, 0.2) is 53.3 Å². The van der Waals surface area contributed by atoms with Gasteiger partial charge in [0.25, 0.3) is 0 Å². The maximum absolute atomic E-state index is 16.4. The van der Waals surface area contributed by atoms with Crippen LogP contribution in [0.2, 0.25) is 0 Å². The van der Waals surface area contributed by atoms with E-state index in [2.05, 4.69) is 46.3 Å². The third kappa shape index (κ3) is 5.88. The van der Waals surface area contributed by atoms with Gasteiger partial charge < -0.3 is 20.1 Å². The molecule has 0 bridgehead atoms. The van der Waals surface area contributed by atoms with Crippen molar-refractivity contribution in [3.05, 3.63) is 70.5 Å². The highest BCUT2D eigenvalue weighted by atomic mass is 79.9. The number of aromatic nitrogens is 4. The topological polar surface area (TPSA) is 135 Å². The van der Waals surface area contributed by atoms with Crippen LogP contribution in [0.25, 0.3) is 33.6 Å². The van der Waals surface area contributed by atoms with E-state index in [0.717, 1.165) is 44.6 Å². The summed E-state index contributed by atoms with van der Waals surface area (Å²) in [4.78, 5) is 46.6. The van der Waals surface area contributed by atoms with Crippen molar-refractivity contribution in [1.29, 1.82) is 0 Å². The second kappa shape index (κ2) is 12.7. The Hall–Kier alpha value is -4.53. The predicted molar refractivity (Wildman–Crippen MR) is 185 cm³/mol. The summed E-state index contributed by atoms with van der Waals surface area (Å²) in [6.07, 6.45) is 6.12. The lowest BCUT2D eigenvalue weighted by molar-refractivity contribution is -0.121. The second-order valence-corrected chi connectivity index (χ2v) is 14.5. The number of likely N-dealkylation sites (tertiary alicyclic amines) is 2. The number of hydrogen-bond acceptors (Lipinski definition) is 10. The number of nitrogens with one attached hydrogen (secondary N) is 2. The van der Waals surface area contributed by atoms with E-state index < -0.39 is 5.82 Å². The predicted octanol–water partition coefficient (Wildman–Crippen LogP) is 4.12. The number of carbonyl (C=O) groups is 2. The van der Waals surface area contributed by atoms with Crippen LogP contribution in [0.1, 0.15) is 37.1 Å². The second-order valence-electron chi connectivity index (χ2n) is 13.7. The van der Waals surface area contributed by atoms with Crippen LogP contribution in [-0.4, -0.2) is 93.0 Å². The first kappa shape index (κ1) is 32.7. The molecule has 0 radical (unpaired) electrons. The van der Waals surface area contributed by atoms with E-state index in [0.29, 0.717) is 81.6 Å². The third-order valence-corrected chi connectivity index (χ3v) is 11.0. The lowest BCUT2D eigenvalue weighted by Gasteiger charge is -2.47. The molecule has 4 aromatic rings. The fourth-order valence-electron chi connectivity index (χ4n) is 7.76. The summed E-state index contributed by atoms with van der Waals surface area (Å²) in [6, 6.07) is 10.8. The van der Waals surface area contributed by atoms with Crippen LogP contribution < -0.4 is 20.1 Å². The number of benzene rings is 2. The Morgan fingerprint density at radius 1 is 0.740 bits per heavy atom. The van der Waals surface area contributed by atoms with Crippen molar-refractivity contribution in [2.45, 2.75) is 49.9 Å². The molecule has 6 heterocycles. The zero-order chi connectivity index (χ0) is 34.6. The largest absolute Gasteiger partial charge is 0.480 e.